The maximum atomic E-state index is 5.84. The molecule has 0 unspecified atom stereocenters. The lowest BCUT2D eigenvalue weighted by atomic mass is 10.0. The third-order valence-corrected chi connectivity index (χ3v) is 17.7. The zero-order valence-corrected chi connectivity index (χ0v) is 39.4. The van der Waals surface area contributed by atoms with Gasteiger partial charge in [0.15, 0.2) is 0 Å². The summed E-state index contributed by atoms with van der Waals surface area (Å²) in [6.07, 6.45) is 41.3. The van der Waals surface area contributed by atoms with E-state index < -0.39 is 17.6 Å². The van der Waals surface area contributed by atoms with Crippen molar-refractivity contribution in [2.75, 3.05) is 68.8 Å². The molecule has 53 heavy (non-hydrogen) atoms. The van der Waals surface area contributed by atoms with Gasteiger partial charge in [0.25, 0.3) is 0 Å². The van der Waals surface area contributed by atoms with E-state index in [2.05, 4.69) is 13.8 Å². The molecule has 0 heterocycles. The Balaban J connectivity index is 5.10. The second-order valence-corrected chi connectivity index (χ2v) is 22.4. The van der Waals surface area contributed by atoms with Gasteiger partial charge in [-0.25, -0.2) is 0 Å². The third kappa shape index (κ3) is 28.2. The number of nitrogens with zero attached hydrogens (tertiary/aromatic N) is 1. The lowest BCUT2D eigenvalue weighted by Gasteiger charge is -2.40. The van der Waals surface area contributed by atoms with Crippen LogP contribution in [0.1, 0.15) is 206 Å². The fourth-order valence-corrected chi connectivity index (χ4v) is 11.7. The Kier molecular flexibility index (Phi) is 37.8. The minimum Gasteiger partial charge on any atom is -0.377 e. The second kappa shape index (κ2) is 37.7. The van der Waals surface area contributed by atoms with E-state index in [-0.39, 0.29) is 0 Å². The first kappa shape index (κ1) is 53.2. The fraction of sp³-hybridized carbons (Fsp3) is 1.00. The van der Waals surface area contributed by atoms with E-state index in [9.17, 15) is 0 Å². The van der Waals surface area contributed by atoms with Crippen molar-refractivity contribution >= 4 is 17.6 Å². The molecule has 0 fully saturated rings. The zero-order valence-electron chi connectivity index (χ0n) is 37.4. The Labute approximate surface area is 335 Å². The van der Waals surface area contributed by atoms with E-state index >= 15 is 0 Å². The van der Waals surface area contributed by atoms with Crippen molar-refractivity contribution in [3.63, 3.8) is 0 Å². The molecular formula is C44H96NO6Si2+. The van der Waals surface area contributed by atoms with Crippen LogP contribution in [0.4, 0.5) is 0 Å². The highest BCUT2D eigenvalue weighted by Crippen LogP contribution is 2.25. The zero-order chi connectivity index (χ0) is 39.2. The van der Waals surface area contributed by atoms with E-state index in [0.29, 0.717) is 0 Å². The van der Waals surface area contributed by atoms with Crippen molar-refractivity contribution in [1.29, 1.82) is 0 Å². The van der Waals surface area contributed by atoms with Gasteiger partial charge in [-0.3, -0.25) is 0 Å². The van der Waals surface area contributed by atoms with Crippen molar-refractivity contribution < 1.29 is 31.0 Å². The molecule has 320 valence electrons. The van der Waals surface area contributed by atoms with Gasteiger partial charge in [-0.05, 0) is 25.7 Å². The molecule has 0 saturated heterocycles. The van der Waals surface area contributed by atoms with Crippen LogP contribution in [0.3, 0.4) is 0 Å². The highest BCUT2D eigenvalue weighted by molar-refractivity contribution is 6.60. The van der Waals surface area contributed by atoms with Gasteiger partial charge in [-0.1, -0.05) is 168 Å². The fourth-order valence-electron chi connectivity index (χ4n) is 8.33. The van der Waals surface area contributed by atoms with Crippen LogP contribution < -0.4 is 0 Å². The molecule has 0 aliphatic rings. The van der Waals surface area contributed by atoms with Crippen LogP contribution >= 0.6 is 0 Å². The predicted octanol–water partition coefficient (Wildman–Crippen LogP) is 13.3. The molecule has 0 amide bonds. The topological polar surface area (TPSA) is 55.4 Å². The molecular weight excluding hydrogens is 695 g/mol. The first-order valence-electron chi connectivity index (χ1n) is 23.1. The van der Waals surface area contributed by atoms with Crippen LogP contribution in [0.2, 0.25) is 12.1 Å². The quantitative estimate of drug-likeness (QED) is 0.0348. The number of hydrogen-bond acceptors (Lipinski definition) is 6. The second-order valence-electron chi connectivity index (χ2n) is 16.2. The Bertz CT molecular complexity index is 664. The van der Waals surface area contributed by atoms with Crippen LogP contribution in [0.25, 0.3) is 0 Å². The summed E-state index contributed by atoms with van der Waals surface area (Å²) < 4.78 is 36.2. The normalized spacial score (nSPS) is 12.7. The van der Waals surface area contributed by atoms with Gasteiger partial charge in [0, 0.05) is 67.6 Å². The third-order valence-electron chi connectivity index (χ3n) is 12.1. The average Bonchev–Trinajstić information content (AvgIpc) is 3.18. The summed E-state index contributed by atoms with van der Waals surface area (Å²) in [5.41, 5.74) is 0. The van der Waals surface area contributed by atoms with Crippen LogP contribution in [0.15, 0.2) is 0 Å². The summed E-state index contributed by atoms with van der Waals surface area (Å²) in [6.45, 7) is 9.39. The largest absolute Gasteiger partial charge is 0.500 e. The molecule has 0 rings (SSSR count). The molecule has 0 bridgehead atoms. The van der Waals surface area contributed by atoms with Gasteiger partial charge in [-0.2, -0.15) is 0 Å². The van der Waals surface area contributed by atoms with E-state index in [1.807, 2.05) is 0 Å². The van der Waals surface area contributed by atoms with Crippen LogP contribution in [-0.4, -0.2) is 90.9 Å². The standard InChI is InChI=1S/C44H96NO6Si2/c1-9-11-13-15-17-19-21-23-25-27-29-31-33-35-39-45(41-37-43-52(46-3,47-4)48-5,42-38-44-53(49-6,50-7)51-8)40-36-34-32-30-28-26-24-22-20-18-16-14-12-10-2/h9-44H2,1-8H3/q+1. The summed E-state index contributed by atoms with van der Waals surface area (Å²) in [5, 5.41) is 0. The number of hydrogen-bond donors (Lipinski definition) is 0. The van der Waals surface area contributed by atoms with Gasteiger partial charge in [0.1, 0.15) is 0 Å². The van der Waals surface area contributed by atoms with Gasteiger partial charge in [0.05, 0.1) is 26.2 Å². The maximum Gasteiger partial charge on any atom is 0.500 e. The first-order valence-corrected chi connectivity index (χ1v) is 26.9. The SMILES string of the molecule is CCCCCCCCCCCCCCCC[N+](CCCCCCCCCCCCCCCC)(CCC[Si](OC)(OC)OC)CCC[Si](OC)(OC)OC. The van der Waals surface area contributed by atoms with E-state index in [4.69, 9.17) is 26.6 Å². The molecule has 0 aliphatic carbocycles. The van der Waals surface area contributed by atoms with Gasteiger partial charge < -0.3 is 31.0 Å². The van der Waals surface area contributed by atoms with Gasteiger partial charge in [0.2, 0.25) is 0 Å². The summed E-state index contributed by atoms with van der Waals surface area (Å²) in [4.78, 5) is 0. The lowest BCUT2D eigenvalue weighted by Crippen LogP contribution is -2.53. The molecule has 0 aromatic carbocycles. The summed E-state index contributed by atoms with van der Waals surface area (Å²) in [7, 11) is 5.26. The number of unbranched alkanes of at least 4 members (excludes halogenated alkanes) is 26. The van der Waals surface area contributed by atoms with Crippen molar-refractivity contribution in [2.45, 2.75) is 219 Å². The van der Waals surface area contributed by atoms with Gasteiger partial charge >= 0.3 is 17.6 Å². The monoisotopic (exact) mass is 791 g/mol. The molecule has 0 aliphatic heterocycles. The molecule has 0 saturated carbocycles. The molecule has 0 atom stereocenters. The minimum atomic E-state index is -2.61. The number of quaternary nitrogens is 1. The van der Waals surface area contributed by atoms with Crippen molar-refractivity contribution in [2.24, 2.45) is 0 Å². The Morgan fingerprint density at radius 2 is 0.453 bits per heavy atom. The van der Waals surface area contributed by atoms with Gasteiger partial charge in [-0.15, -0.1) is 0 Å². The highest BCUT2D eigenvalue weighted by Gasteiger charge is 2.40. The predicted molar refractivity (Wildman–Crippen MR) is 233 cm³/mol. The van der Waals surface area contributed by atoms with E-state index in [1.165, 1.54) is 197 Å². The summed E-state index contributed by atoms with van der Waals surface area (Å²) in [5.74, 6) is 0. The Morgan fingerprint density at radius 3 is 0.660 bits per heavy atom. The summed E-state index contributed by atoms with van der Waals surface area (Å²) in [6, 6.07) is 1.72. The van der Waals surface area contributed by atoms with Crippen LogP contribution in [0, 0.1) is 0 Å². The number of rotatable bonds is 44. The smallest absolute Gasteiger partial charge is 0.377 e. The molecule has 0 aromatic heterocycles. The summed E-state index contributed by atoms with van der Waals surface area (Å²) >= 11 is 0. The average molecular weight is 791 g/mol. The van der Waals surface area contributed by atoms with Crippen molar-refractivity contribution in [3.8, 4) is 0 Å². The first-order chi connectivity index (χ1) is 25.9. The minimum absolute atomic E-state index is 0.862. The van der Waals surface area contributed by atoms with Crippen LogP contribution in [-0.2, 0) is 26.6 Å². The molecule has 0 aromatic rings. The lowest BCUT2D eigenvalue weighted by molar-refractivity contribution is -0.928. The highest BCUT2D eigenvalue weighted by atomic mass is 28.4. The Morgan fingerprint density at radius 1 is 0.264 bits per heavy atom. The maximum absolute atomic E-state index is 5.84. The van der Waals surface area contributed by atoms with Crippen molar-refractivity contribution in [3.05, 3.63) is 0 Å². The van der Waals surface area contributed by atoms with Crippen molar-refractivity contribution in [1.82, 2.24) is 0 Å². The molecule has 0 N–H and O–H groups in total. The van der Waals surface area contributed by atoms with E-state index in [1.54, 1.807) is 42.7 Å². The molecule has 0 radical (unpaired) electrons. The Hall–Kier alpha value is 0.154. The molecule has 7 nitrogen and oxygen atoms in total. The molecule has 9 heteroatoms. The van der Waals surface area contributed by atoms with E-state index in [0.717, 1.165) is 38.0 Å². The molecule has 0 spiro atoms. The van der Waals surface area contributed by atoms with Crippen LogP contribution in [0.5, 0.6) is 0 Å².